The predicted molar refractivity (Wildman–Crippen MR) is 78.8 cm³/mol. The van der Waals surface area contributed by atoms with Crippen molar-refractivity contribution in [2.24, 2.45) is 11.8 Å². The lowest BCUT2D eigenvalue weighted by atomic mass is 9.85. The average Bonchev–Trinajstić information content (AvgIpc) is 2.41. The zero-order chi connectivity index (χ0) is 13.9. The minimum absolute atomic E-state index is 0.412. The van der Waals surface area contributed by atoms with Crippen LogP contribution in [0.5, 0.6) is 0 Å². The van der Waals surface area contributed by atoms with E-state index in [4.69, 9.17) is 11.2 Å². The number of terminal acetylenes is 1. The Hall–Kier alpha value is -0.820. The van der Waals surface area contributed by atoms with Gasteiger partial charge < -0.3 is 15.2 Å². The van der Waals surface area contributed by atoms with Crippen LogP contribution in [-0.2, 0) is 4.74 Å². The van der Waals surface area contributed by atoms with Crippen molar-refractivity contribution in [1.82, 2.24) is 5.32 Å². The summed E-state index contributed by atoms with van der Waals surface area (Å²) in [4.78, 5) is 0. The van der Waals surface area contributed by atoms with E-state index in [2.05, 4.69) is 30.3 Å². The molecule has 0 heterocycles. The van der Waals surface area contributed by atoms with Crippen LogP contribution in [0.1, 0.15) is 32.6 Å². The van der Waals surface area contributed by atoms with Gasteiger partial charge in [-0.15, -0.1) is 12.3 Å². The molecule has 0 bridgehead atoms. The molecule has 108 valence electrons. The molecule has 3 atom stereocenters. The predicted octanol–water partition coefficient (Wildman–Crippen LogP) is 1.97. The van der Waals surface area contributed by atoms with E-state index in [0.29, 0.717) is 25.0 Å². The molecule has 0 radical (unpaired) electrons. The number of allylic oxidation sites excluding steroid dienone is 2. The highest BCUT2D eigenvalue weighted by Crippen LogP contribution is 2.24. The molecule has 19 heavy (non-hydrogen) atoms. The van der Waals surface area contributed by atoms with Crippen LogP contribution in [0.3, 0.4) is 0 Å². The van der Waals surface area contributed by atoms with E-state index in [1.54, 1.807) is 0 Å². The Bertz CT molecular complexity index is 296. The van der Waals surface area contributed by atoms with Gasteiger partial charge in [-0.25, -0.2) is 0 Å². The maximum atomic E-state index is 9.76. The van der Waals surface area contributed by atoms with Gasteiger partial charge in [0.2, 0.25) is 0 Å². The Kier molecular flexibility index (Phi) is 8.57. The van der Waals surface area contributed by atoms with Gasteiger partial charge in [0.15, 0.2) is 0 Å². The highest BCUT2D eigenvalue weighted by atomic mass is 16.5. The number of nitrogens with one attached hydrogen (secondary N) is 1. The number of hydrogen-bond acceptors (Lipinski definition) is 3. The molecule has 3 unspecified atom stereocenters. The highest BCUT2D eigenvalue weighted by molar-refractivity contribution is 4.93. The van der Waals surface area contributed by atoms with E-state index in [9.17, 15) is 5.11 Å². The Morgan fingerprint density at radius 3 is 3.00 bits per heavy atom. The second kappa shape index (κ2) is 10.0. The zero-order valence-electron chi connectivity index (χ0n) is 12.0. The first-order valence-corrected chi connectivity index (χ1v) is 7.29. The normalized spacial score (nSPS) is 24.1. The second-order valence-corrected chi connectivity index (χ2v) is 5.38. The van der Waals surface area contributed by atoms with E-state index in [1.807, 2.05) is 0 Å². The van der Waals surface area contributed by atoms with Crippen molar-refractivity contribution in [2.75, 3.05) is 26.3 Å². The summed E-state index contributed by atoms with van der Waals surface area (Å²) in [6, 6.07) is 0. The van der Waals surface area contributed by atoms with Crippen LogP contribution >= 0.6 is 0 Å². The molecule has 0 spiro atoms. The molecule has 0 saturated heterocycles. The molecule has 1 aliphatic rings. The van der Waals surface area contributed by atoms with Crippen molar-refractivity contribution >= 4 is 0 Å². The molecular formula is C16H27NO2. The van der Waals surface area contributed by atoms with E-state index in [-0.39, 0.29) is 0 Å². The van der Waals surface area contributed by atoms with Gasteiger partial charge in [0.25, 0.3) is 0 Å². The molecule has 0 amide bonds. The van der Waals surface area contributed by atoms with Crippen LogP contribution in [0.15, 0.2) is 12.2 Å². The number of hydrogen-bond donors (Lipinski definition) is 2. The summed E-state index contributed by atoms with van der Waals surface area (Å²) in [6.07, 6.45) is 13.2. The largest absolute Gasteiger partial charge is 0.389 e. The molecule has 0 fully saturated rings. The van der Waals surface area contributed by atoms with Gasteiger partial charge in [0.1, 0.15) is 0 Å². The van der Waals surface area contributed by atoms with Crippen molar-refractivity contribution in [1.29, 1.82) is 0 Å². The third-order valence-electron chi connectivity index (χ3n) is 3.61. The van der Waals surface area contributed by atoms with Crippen molar-refractivity contribution < 1.29 is 9.84 Å². The summed E-state index contributed by atoms with van der Waals surface area (Å²) in [6.45, 7) is 4.85. The van der Waals surface area contributed by atoms with Gasteiger partial charge in [-0.05, 0) is 37.6 Å². The Balaban J connectivity index is 1.99. The SMILES string of the molecule is C#CCCCNCC(O)COCC1CC=CCC1C. The van der Waals surface area contributed by atoms with Crippen LogP contribution < -0.4 is 5.32 Å². The first-order valence-electron chi connectivity index (χ1n) is 7.29. The van der Waals surface area contributed by atoms with Crippen molar-refractivity contribution in [3.63, 3.8) is 0 Å². The molecule has 0 aromatic rings. The molecule has 0 aliphatic heterocycles. The fourth-order valence-corrected chi connectivity index (χ4v) is 2.24. The fourth-order valence-electron chi connectivity index (χ4n) is 2.24. The number of rotatable bonds is 9. The van der Waals surface area contributed by atoms with Crippen LogP contribution in [-0.4, -0.2) is 37.5 Å². The van der Waals surface area contributed by atoms with Crippen LogP contribution in [0.25, 0.3) is 0 Å². The second-order valence-electron chi connectivity index (χ2n) is 5.38. The van der Waals surface area contributed by atoms with Crippen molar-refractivity contribution in [3.05, 3.63) is 12.2 Å². The van der Waals surface area contributed by atoms with E-state index in [0.717, 1.165) is 38.8 Å². The molecule has 1 aliphatic carbocycles. The van der Waals surface area contributed by atoms with Crippen molar-refractivity contribution in [2.45, 2.75) is 38.7 Å². The quantitative estimate of drug-likeness (QED) is 0.380. The first kappa shape index (κ1) is 16.2. The monoisotopic (exact) mass is 265 g/mol. The molecule has 2 N–H and O–H groups in total. The molecular weight excluding hydrogens is 238 g/mol. The lowest BCUT2D eigenvalue weighted by Crippen LogP contribution is -2.32. The fraction of sp³-hybridized carbons (Fsp3) is 0.750. The molecule has 0 aromatic heterocycles. The first-order chi connectivity index (χ1) is 9.24. The number of aliphatic hydroxyl groups is 1. The highest BCUT2D eigenvalue weighted by Gasteiger charge is 2.18. The van der Waals surface area contributed by atoms with Gasteiger partial charge >= 0.3 is 0 Å². The number of unbranched alkanes of at least 4 members (excludes halogenated alkanes) is 1. The third kappa shape index (κ3) is 7.37. The minimum atomic E-state index is -0.430. The molecule has 3 heteroatoms. The Labute approximate surface area is 117 Å². The Morgan fingerprint density at radius 2 is 2.26 bits per heavy atom. The van der Waals surface area contributed by atoms with E-state index < -0.39 is 6.10 Å². The van der Waals surface area contributed by atoms with Gasteiger partial charge in [0.05, 0.1) is 19.3 Å². The standard InChI is InChI=1S/C16H27NO2/c1-3-4-7-10-17-11-16(18)13-19-12-15-9-6-5-8-14(15)2/h1,5-6,14-18H,4,7-13H2,2H3. The summed E-state index contributed by atoms with van der Waals surface area (Å²) in [5, 5.41) is 12.9. The average molecular weight is 265 g/mol. The summed E-state index contributed by atoms with van der Waals surface area (Å²) in [5.41, 5.74) is 0. The number of aliphatic hydroxyl groups excluding tert-OH is 1. The van der Waals surface area contributed by atoms with Crippen LogP contribution in [0.4, 0.5) is 0 Å². The van der Waals surface area contributed by atoms with E-state index >= 15 is 0 Å². The van der Waals surface area contributed by atoms with Gasteiger partial charge in [-0.3, -0.25) is 0 Å². The lowest BCUT2D eigenvalue weighted by Gasteiger charge is -2.25. The summed E-state index contributed by atoms with van der Waals surface area (Å²) in [5.74, 6) is 3.88. The van der Waals surface area contributed by atoms with Gasteiger partial charge in [0, 0.05) is 13.0 Å². The smallest absolute Gasteiger partial charge is 0.0897 e. The van der Waals surface area contributed by atoms with Crippen molar-refractivity contribution in [3.8, 4) is 12.3 Å². The molecule has 1 rings (SSSR count). The van der Waals surface area contributed by atoms with Gasteiger partial charge in [-0.2, -0.15) is 0 Å². The maximum absolute atomic E-state index is 9.76. The van der Waals surface area contributed by atoms with Crippen LogP contribution in [0.2, 0.25) is 0 Å². The molecule has 3 nitrogen and oxygen atoms in total. The lowest BCUT2D eigenvalue weighted by molar-refractivity contribution is 0.0129. The van der Waals surface area contributed by atoms with E-state index in [1.165, 1.54) is 0 Å². The molecule has 0 saturated carbocycles. The number of ether oxygens (including phenoxy) is 1. The summed E-state index contributed by atoms with van der Waals surface area (Å²) < 4.78 is 5.63. The molecule has 0 aromatic carbocycles. The van der Waals surface area contributed by atoms with Gasteiger partial charge in [-0.1, -0.05) is 19.1 Å². The minimum Gasteiger partial charge on any atom is -0.389 e. The topological polar surface area (TPSA) is 41.5 Å². The Morgan fingerprint density at radius 1 is 1.47 bits per heavy atom. The maximum Gasteiger partial charge on any atom is 0.0897 e. The zero-order valence-corrected chi connectivity index (χ0v) is 12.0. The third-order valence-corrected chi connectivity index (χ3v) is 3.61. The summed E-state index contributed by atoms with van der Waals surface area (Å²) in [7, 11) is 0. The summed E-state index contributed by atoms with van der Waals surface area (Å²) >= 11 is 0. The van der Waals surface area contributed by atoms with Crippen LogP contribution in [0, 0.1) is 24.2 Å².